The number of benzene rings is 1. The molecule has 2 aromatic rings. The van der Waals surface area contributed by atoms with Crippen LogP contribution in [0.15, 0.2) is 42.6 Å². The van der Waals surface area contributed by atoms with Gasteiger partial charge in [0.25, 0.3) is 5.69 Å². The molecule has 0 bridgehead atoms. The molecule has 1 aromatic heterocycles. The molecule has 8 heteroatoms. The lowest BCUT2D eigenvalue weighted by Gasteiger charge is -2.34. The van der Waals surface area contributed by atoms with Gasteiger partial charge in [-0.15, -0.1) is 0 Å². The van der Waals surface area contributed by atoms with Crippen molar-refractivity contribution < 1.29 is 4.92 Å². The van der Waals surface area contributed by atoms with Crippen LogP contribution in [0.2, 0.25) is 0 Å². The Morgan fingerprint density at radius 3 is 2.57 bits per heavy atom. The Labute approximate surface area is 164 Å². The highest BCUT2D eigenvalue weighted by Crippen LogP contribution is 2.18. The Hall–Kier alpha value is -3.02. The molecular formula is C20H24N6O2. The van der Waals surface area contributed by atoms with Crippen molar-refractivity contribution >= 4 is 11.5 Å². The van der Waals surface area contributed by atoms with Gasteiger partial charge in [0.15, 0.2) is 0 Å². The van der Waals surface area contributed by atoms with E-state index in [0.717, 1.165) is 45.7 Å². The third-order valence-electron chi connectivity index (χ3n) is 4.86. The Balaban J connectivity index is 1.37. The fraction of sp³-hybridized carbons (Fsp3) is 0.400. The number of piperazine rings is 1. The number of aromatic nitrogens is 1. The summed E-state index contributed by atoms with van der Waals surface area (Å²) >= 11 is 0. The average Bonchev–Trinajstić information content (AvgIpc) is 2.73. The number of hydrogen-bond acceptors (Lipinski definition) is 7. The summed E-state index contributed by atoms with van der Waals surface area (Å²) in [5.41, 5.74) is 1.38. The number of nitro groups is 1. The quantitative estimate of drug-likeness (QED) is 0.427. The Bertz CT molecular complexity index is 828. The van der Waals surface area contributed by atoms with Gasteiger partial charge in [-0.25, -0.2) is 4.98 Å². The molecule has 1 saturated heterocycles. The Morgan fingerprint density at radius 1 is 1.18 bits per heavy atom. The summed E-state index contributed by atoms with van der Waals surface area (Å²) in [5.74, 6) is 0.404. The number of nitrogens with zero attached hydrogens (tertiary/aromatic N) is 5. The predicted octanol–water partition coefficient (Wildman–Crippen LogP) is 2.48. The zero-order valence-corrected chi connectivity index (χ0v) is 15.8. The number of hydrogen-bond donors (Lipinski definition) is 1. The van der Waals surface area contributed by atoms with Gasteiger partial charge in [0.05, 0.1) is 4.92 Å². The maximum absolute atomic E-state index is 10.8. The largest absolute Gasteiger partial charge is 0.369 e. The van der Waals surface area contributed by atoms with Crippen molar-refractivity contribution in [1.82, 2.24) is 14.8 Å². The van der Waals surface area contributed by atoms with E-state index < -0.39 is 4.92 Å². The van der Waals surface area contributed by atoms with Gasteiger partial charge in [-0.05, 0) is 18.5 Å². The summed E-state index contributed by atoms with van der Waals surface area (Å²) in [6, 6.07) is 13.7. The van der Waals surface area contributed by atoms with Gasteiger partial charge in [-0.1, -0.05) is 30.3 Å². The first-order chi connectivity index (χ1) is 13.7. The first-order valence-corrected chi connectivity index (χ1v) is 9.43. The number of rotatable bonds is 8. The highest BCUT2D eigenvalue weighted by molar-refractivity contribution is 5.55. The highest BCUT2D eigenvalue weighted by atomic mass is 16.6. The van der Waals surface area contributed by atoms with E-state index in [-0.39, 0.29) is 11.3 Å². The van der Waals surface area contributed by atoms with Gasteiger partial charge in [-0.2, -0.15) is 5.26 Å². The van der Waals surface area contributed by atoms with Crippen LogP contribution >= 0.6 is 0 Å². The molecule has 146 valence electrons. The topological polar surface area (TPSA) is 98.3 Å². The molecule has 0 radical (unpaired) electrons. The second kappa shape index (κ2) is 9.78. The summed E-state index contributed by atoms with van der Waals surface area (Å²) in [5, 5.41) is 23.0. The molecule has 28 heavy (non-hydrogen) atoms. The minimum atomic E-state index is -0.547. The fourth-order valence-corrected chi connectivity index (χ4v) is 3.30. The van der Waals surface area contributed by atoms with Crippen molar-refractivity contribution in [1.29, 1.82) is 5.26 Å². The van der Waals surface area contributed by atoms with Crippen molar-refractivity contribution in [2.75, 3.05) is 44.6 Å². The molecule has 1 aromatic carbocycles. The first-order valence-electron chi connectivity index (χ1n) is 9.43. The summed E-state index contributed by atoms with van der Waals surface area (Å²) in [6.45, 7) is 6.86. The van der Waals surface area contributed by atoms with Gasteiger partial charge in [0.2, 0.25) is 0 Å². The summed E-state index contributed by atoms with van der Waals surface area (Å²) in [7, 11) is 0. The van der Waals surface area contributed by atoms with Crippen LogP contribution in [0, 0.1) is 21.4 Å². The summed E-state index contributed by atoms with van der Waals surface area (Å²) in [4.78, 5) is 19.1. The van der Waals surface area contributed by atoms with E-state index in [2.05, 4.69) is 44.4 Å². The van der Waals surface area contributed by atoms with Gasteiger partial charge in [-0.3, -0.25) is 15.0 Å². The van der Waals surface area contributed by atoms with Crippen molar-refractivity contribution in [3.8, 4) is 6.07 Å². The number of nitriles is 1. The molecule has 1 aliphatic rings. The lowest BCUT2D eigenvalue weighted by Crippen LogP contribution is -2.46. The summed E-state index contributed by atoms with van der Waals surface area (Å²) < 4.78 is 0. The van der Waals surface area contributed by atoms with Crippen LogP contribution in [0.1, 0.15) is 17.5 Å². The van der Waals surface area contributed by atoms with Crippen LogP contribution in [0.3, 0.4) is 0 Å². The predicted molar refractivity (Wildman–Crippen MR) is 107 cm³/mol. The normalized spacial score (nSPS) is 15.1. The molecule has 1 fully saturated rings. The molecular weight excluding hydrogens is 356 g/mol. The van der Waals surface area contributed by atoms with Crippen LogP contribution in [0.25, 0.3) is 0 Å². The third-order valence-corrected chi connectivity index (χ3v) is 4.86. The molecule has 0 amide bonds. The van der Waals surface area contributed by atoms with Crippen molar-refractivity contribution in [2.45, 2.75) is 13.0 Å². The molecule has 0 spiro atoms. The smallest absolute Gasteiger partial charge is 0.289 e. The lowest BCUT2D eigenvalue weighted by molar-refractivity contribution is -0.385. The molecule has 3 rings (SSSR count). The van der Waals surface area contributed by atoms with E-state index in [1.54, 1.807) is 0 Å². The SMILES string of the molecule is N#Cc1cc([N+](=O)[O-])cnc1NCCCN1CCN(Cc2ccccc2)CC1. The van der Waals surface area contributed by atoms with Crippen molar-refractivity contribution in [3.05, 3.63) is 63.8 Å². The van der Waals surface area contributed by atoms with Crippen LogP contribution < -0.4 is 5.32 Å². The highest BCUT2D eigenvalue weighted by Gasteiger charge is 2.17. The molecule has 0 unspecified atom stereocenters. The number of anilines is 1. The summed E-state index contributed by atoms with van der Waals surface area (Å²) in [6.07, 6.45) is 2.09. The number of pyridine rings is 1. The van der Waals surface area contributed by atoms with Gasteiger partial charge in [0.1, 0.15) is 23.6 Å². The molecule has 1 aliphatic heterocycles. The maximum Gasteiger partial charge on any atom is 0.289 e. The third kappa shape index (κ3) is 5.49. The second-order valence-corrected chi connectivity index (χ2v) is 6.84. The van der Waals surface area contributed by atoms with Crippen LogP contribution in [-0.2, 0) is 6.54 Å². The van der Waals surface area contributed by atoms with Crippen molar-refractivity contribution in [2.24, 2.45) is 0 Å². The van der Waals surface area contributed by atoms with Gasteiger partial charge >= 0.3 is 0 Å². The lowest BCUT2D eigenvalue weighted by atomic mass is 10.2. The molecule has 2 heterocycles. The molecule has 1 N–H and O–H groups in total. The minimum Gasteiger partial charge on any atom is -0.369 e. The Morgan fingerprint density at radius 2 is 1.89 bits per heavy atom. The van der Waals surface area contributed by atoms with E-state index >= 15 is 0 Å². The van der Waals surface area contributed by atoms with E-state index in [4.69, 9.17) is 5.26 Å². The monoisotopic (exact) mass is 380 g/mol. The second-order valence-electron chi connectivity index (χ2n) is 6.84. The molecule has 8 nitrogen and oxygen atoms in total. The first kappa shape index (κ1) is 19.7. The Kier molecular flexibility index (Phi) is 6.89. The molecule has 0 aliphatic carbocycles. The standard InChI is InChI=1S/C20H24N6O2/c21-14-18-13-19(26(27)28)15-23-20(18)22-7-4-8-24-9-11-25(12-10-24)16-17-5-2-1-3-6-17/h1-3,5-6,13,15H,4,7-12,16H2,(H,22,23). The van der Waals surface area contributed by atoms with E-state index in [1.807, 2.05) is 12.1 Å². The van der Waals surface area contributed by atoms with Crippen LogP contribution in [0.4, 0.5) is 11.5 Å². The fourth-order valence-electron chi connectivity index (χ4n) is 3.30. The van der Waals surface area contributed by atoms with Crippen LogP contribution in [0.5, 0.6) is 0 Å². The van der Waals surface area contributed by atoms with E-state index in [9.17, 15) is 10.1 Å². The van der Waals surface area contributed by atoms with Gasteiger partial charge < -0.3 is 10.2 Å². The number of nitrogens with one attached hydrogen (secondary N) is 1. The average molecular weight is 380 g/mol. The zero-order valence-electron chi connectivity index (χ0n) is 15.8. The van der Waals surface area contributed by atoms with Crippen LogP contribution in [-0.4, -0.2) is 59.0 Å². The minimum absolute atomic E-state index is 0.171. The maximum atomic E-state index is 10.8. The van der Waals surface area contributed by atoms with E-state index in [0.29, 0.717) is 12.4 Å². The van der Waals surface area contributed by atoms with Crippen molar-refractivity contribution in [3.63, 3.8) is 0 Å². The molecule has 0 saturated carbocycles. The van der Waals surface area contributed by atoms with Gasteiger partial charge in [0, 0.05) is 45.3 Å². The van der Waals surface area contributed by atoms with E-state index in [1.165, 1.54) is 17.8 Å². The zero-order chi connectivity index (χ0) is 19.8. The molecule has 0 atom stereocenters.